The van der Waals surface area contributed by atoms with Gasteiger partial charge in [-0.3, -0.25) is 9.69 Å². The summed E-state index contributed by atoms with van der Waals surface area (Å²) in [4.78, 5) is 14.4. The van der Waals surface area contributed by atoms with Crippen molar-refractivity contribution in [3.8, 4) is 5.75 Å². The average molecular weight is 334 g/mol. The number of aliphatic hydroxyl groups excluding tert-OH is 1. The summed E-state index contributed by atoms with van der Waals surface area (Å²) in [6, 6.07) is 5.49. The van der Waals surface area contributed by atoms with Gasteiger partial charge in [0, 0.05) is 24.2 Å². The number of nitrogens with one attached hydrogen (secondary N) is 1. The maximum absolute atomic E-state index is 12.1. The summed E-state index contributed by atoms with van der Waals surface area (Å²) in [6.45, 7) is 8.26. The van der Waals surface area contributed by atoms with Gasteiger partial charge in [0.2, 0.25) is 5.91 Å². The monoisotopic (exact) mass is 334 g/mol. The molecule has 5 nitrogen and oxygen atoms in total. The Balaban J connectivity index is 1.85. The van der Waals surface area contributed by atoms with Crippen molar-refractivity contribution in [1.29, 1.82) is 0 Å². The number of aliphatic hydroxyl groups is 1. The zero-order valence-corrected chi connectivity index (χ0v) is 15.0. The number of likely N-dealkylation sites (tertiary alicyclic amines) is 1. The van der Waals surface area contributed by atoms with Gasteiger partial charge >= 0.3 is 0 Å². The van der Waals surface area contributed by atoms with Crippen molar-refractivity contribution >= 4 is 11.6 Å². The molecule has 0 aromatic heterocycles. The Morgan fingerprint density at radius 2 is 2.08 bits per heavy atom. The van der Waals surface area contributed by atoms with E-state index in [2.05, 4.69) is 31.0 Å². The summed E-state index contributed by atoms with van der Waals surface area (Å²) in [6.07, 6.45) is 3.38. The van der Waals surface area contributed by atoms with E-state index in [0.29, 0.717) is 12.1 Å². The first-order chi connectivity index (χ1) is 11.3. The first kappa shape index (κ1) is 18.7. The normalized spacial score (nSPS) is 18.8. The van der Waals surface area contributed by atoms with E-state index in [1.807, 2.05) is 6.07 Å². The van der Waals surface area contributed by atoms with Crippen LogP contribution in [0.25, 0.3) is 0 Å². The Morgan fingerprint density at radius 3 is 2.75 bits per heavy atom. The van der Waals surface area contributed by atoms with Gasteiger partial charge in [-0.05, 0) is 55.5 Å². The van der Waals surface area contributed by atoms with Crippen molar-refractivity contribution in [2.24, 2.45) is 0 Å². The van der Waals surface area contributed by atoms with Crippen LogP contribution in [-0.4, -0.2) is 46.8 Å². The highest BCUT2D eigenvalue weighted by atomic mass is 16.3. The smallest absolute Gasteiger partial charge is 0.224 e. The number of phenols is 1. The summed E-state index contributed by atoms with van der Waals surface area (Å²) in [7, 11) is 0. The van der Waals surface area contributed by atoms with Crippen LogP contribution in [0.1, 0.15) is 52.0 Å². The molecular weight excluding hydrogens is 304 g/mol. The van der Waals surface area contributed by atoms with Crippen LogP contribution in [0, 0.1) is 0 Å². The number of hydrogen-bond acceptors (Lipinski definition) is 4. The summed E-state index contributed by atoms with van der Waals surface area (Å²) in [5.41, 5.74) is 1.53. The second-order valence-electron chi connectivity index (χ2n) is 7.68. The third-order valence-corrected chi connectivity index (χ3v) is 4.63. The number of carbonyl (C=O) groups is 1. The Labute approximate surface area is 144 Å². The zero-order chi connectivity index (χ0) is 17.7. The quantitative estimate of drug-likeness (QED) is 0.748. The number of aromatic hydroxyl groups is 1. The Kier molecular flexibility index (Phi) is 6.24. The summed E-state index contributed by atoms with van der Waals surface area (Å²) in [5.74, 6) is 0.126. The van der Waals surface area contributed by atoms with E-state index in [1.165, 1.54) is 0 Å². The highest BCUT2D eigenvalue weighted by Crippen LogP contribution is 2.29. The minimum absolute atomic E-state index is 0.0415. The van der Waals surface area contributed by atoms with Crippen molar-refractivity contribution in [2.75, 3.05) is 25.0 Å². The van der Waals surface area contributed by atoms with Crippen molar-refractivity contribution in [3.63, 3.8) is 0 Å². The van der Waals surface area contributed by atoms with E-state index in [4.69, 9.17) is 0 Å². The van der Waals surface area contributed by atoms with Gasteiger partial charge in [0.1, 0.15) is 5.75 Å². The molecule has 1 saturated heterocycles. The SMILES string of the molecule is CC(C)(C)c1cc(O)cc(NC(=O)CCCN2CCC[C@H]2CO)c1. The molecule has 1 heterocycles. The number of phenolic OH excluding ortho intramolecular Hbond substituents is 1. The molecule has 0 aliphatic carbocycles. The van der Waals surface area contributed by atoms with Crippen LogP contribution in [0.15, 0.2) is 18.2 Å². The number of benzene rings is 1. The van der Waals surface area contributed by atoms with Gasteiger partial charge in [0.15, 0.2) is 0 Å². The van der Waals surface area contributed by atoms with E-state index >= 15 is 0 Å². The molecule has 1 aromatic carbocycles. The number of anilines is 1. The lowest BCUT2D eigenvalue weighted by Gasteiger charge is -2.22. The molecule has 2 rings (SSSR count). The molecule has 5 heteroatoms. The van der Waals surface area contributed by atoms with Crippen LogP contribution in [-0.2, 0) is 10.2 Å². The highest BCUT2D eigenvalue weighted by Gasteiger charge is 2.23. The highest BCUT2D eigenvalue weighted by molar-refractivity contribution is 5.91. The molecule has 24 heavy (non-hydrogen) atoms. The summed E-state index contributed by atoms with van der Waals surface area (Å²) < 4.78 is 0. The standard InChI is InChI=1S/C19H30N2O3/c1-19(2,3)14-10-15(12-17(23)11-14)20-18(24)7-5-9-21-8-4-6-16(21)13-22/h10-12,16,22-23H,4-9,13H2,1-3H3,(H,20,24)/t16-/m0/s1. The van der Waals surface area contributed by atoms with E-state index in [9.17, 15) is 15.0 Å². The molecule has 0 bridgehead atoms. The van der Waals surface area contributed by atoms with E-state index in [0.717, 1.165) is 37.9 Å². The second kappa shape index (κ2) is 7.99. The first-order valence-electron chi connectivity index (χ1n) is 8.79. The number of rotatable bonds is 6. The number of amides is 1. The summed E-state index contributed by atoms with van der Waals surface area (Å²) >= 11 is 0. The number of hydrogen-bond donors (Lipinski definition) is 3. The Hall–Kier alpha value is -1.59. The van der Waals surface area contributed by atoms with Crippen molar-refractivity contribution in [1.82, 2.24) is 4.90 Å². The minimum Gasteiger partial charge on any atom is -0.508 e. The van der Waals surface area contributed by atoms with Gasteiger partial charge < -0.3 is 15.5 Å². The maximum atomic E-state index is 12.1. The molecule has 0 unspecified atom stereocenters. The van der Waals surface area contributed by atoms with Crippen LogP contribution in [0.4, 0.5) is 5.69 Å². The molecule has 1 aliphatic heterocycles. The van der Waals surface area contributed by atoms with E-state index < -0.39 is 0 Å². The number of nitrogens with zero attached hydrogens (tertiary/aromatic N) is 1. The fourth-order valence-corrected chi connectivity index (χ4v) is 3.18. The third kappa shape index (κ3) is 5.21. The average Bonchev–Trinajstić information content (AvgIpc) is 2.93. The number of carbonyl (C=O) groups excluding carboxylic acids is 1. The fourth-order valence-electron chi connectivity index (χ4n) is 3.18. The maximum Gasteiger partial charge on any atom is 0.224 e. The molecule has 1 atom stereocenters. The fraction of sp³-hybridized carbons (Fsp3) is 0.632. The van der Waals surface area contributed by atoms with Crippen LogP contribution < -0.4 is 5.32 Å². The van der Waals surface area contributed by atoms with Crippen molar-refractivity contribution in [2.45, 2.75) is 57.9 Å². The topological polar surface area (TPSA) is 72.8 Å². The van der Waals surface area contributed by atoms with Gasteiger partial charge in [-0.25, -0.2) is 0 Å². The van der Waals surface area contributed by atoms with Crippen molar-refractivity contribution < 1.29 is 15.0 Å². The Bertz CT molecular complexity index is 566. The van der Waals surface area contributed by atoms with E-state index in [1.54, 1.807) is 12.1 Å². The van der Waals surface area contributed by atoms with Gasteiger partial charge in [-0.2, -0.15) is 0 Å². The lowest BCUT2D eigenvalue weighted by atomic mass is 9.86. The predicted molar refractivity (Wildman–Crippen MR) is 96.4 cm³/mol. The lowest BCUT2D eigenvalue weighted by molar-refractivity contribution is -0.116. The Morgan fingerprint density at radius 1 is 1.33 bits per heavy atom. The molecule has 0 saturated carbocycles. The van der Waals surface area contributed by atoms with Gasteiger partial charge in [-0.1, -0.05) is 20.8 Å². The third-order valence-electron chi connectivity index (χ3n) is 4.63. The molecule has 1 amide bonds. The largest absolute Gasteiger partial charge is 0.508 e. The van der Waals surface area contributed by atoms with Crippen LogP contribution >= 0.6 is 0 Å². The molecule has 0 radical (unpaired) electrons. The molecular formula is C19H30N2O3. The first-order valence-corrected chi connectivity index (χ1v) is 8.79. The molecule has 1 aliphatic rings. The minimum atomic E-state index is -0.0900. The predicted octanol–water partition coefficient (Wildman–Crippen LogP) is 2.87. The molecule has 1 aromatic rings. The molecule has 134 valence electrons. The van der Waals surface area contributed by atoms with Crippen LogP contribution in [0.3, 0.4) is 0 Å². The lowest BCUT2D eigenvalue weighted by Crippen LogP contribution is -2.33. The summed E-state index contributed by atoms with van der Waals surface area (Å²) in [5, 5.41) is 22.1. The second-order valence-corrected chi connectivity index (χ2v) is 7.68. The van der Waals surface area contributed by atoms with Crippen LogP contribution in [0.2, 0.25) is 0 Å². The van der Waals surface area contributed by atoms with E-state index in [-0.39, 0.29) is 29.7 Å². The molecule has 0 spiro atoms. The van der Waals surface area contributed by atoms with Crippen LogP contribution in [0.5, 0.6) is 5.75 Å². The van der Waals surface area contributed by atoms with Gasteiger partial charge in [-0.15, -0.1) is 0 Å². The van der Waals surface area contributed by atoms with Gasteiger partial charge in [0.25, 0.3) is 0 Å². The molecule has 3 N–H and O–H groups in total. The van der Waals surface area contributed by atoms with Crippen molar-refractivity contribution in [3.05, 3.63) is 23.8 Å². The molecule has 1 fully saturated rings. The van der Waals surface area contributed by atoms with Gasteiger partial charge in [0.05, 0.1) is 6.61 Å². The zero-order valence-electron chi connectivity index (χ0n) is 15.0.